The average Bonchev–Trinajstić information content (AvgIpc) is 3.41. The maximum atomic E-state index is 12.8. The van der Waals surface area contributed by atoms with Crippen LogP contribution < -0.4 is 0 Å². The molecule has 0 aromatic heterocycles. The highest BCUT2D eigenvalue weighted by Gasteiger charge is 2.37. The van der Waals surface area contributed by atoms with Crippen LogP contribution in [0.3, 0.4) is 0 Å². The van der Waals surface area contributed by atoms with Gasteiger partial charge in [0.25, 0.3) is 0 Å². The molecule has 0 bridgehead atoms. The Kier molecular flexibility index (Phi) is 5.03. The lowest BCUT2D eigenvalue weighted by molar-refractivity contribution is 0.410. The summed E-state index contributed by atoms with van der Waals surface area (Å²) in [6.45, 7) is 0.299. The number of nitriles is 1. The maximum absolute atomic E-state index is 12.8. The summed E-state index contributed by atoms with van der Waals surface area (Å²) < 4.78 is 27.2. The van der Waals surface area contributed by atoms with E-state index in [2.05, 4.69) is 6.07 Å². The minimum Gasteiger partial charge on any atom is -0.207 e. The molecule has 124 valence electrons. The largest absolute Gasteiger partial charge is 0.243 e. The van der Waals surface area contributed by atoms with Gasteiger partial charge in [0.05, 0.1) is 11.0 Å². The zero-order valence-corrected chi connectivity index (χ0v) is 14.3. The van der Waals surface area contributed by atoms with E-state index < -0.39 is 10.0 Å². The van der Waals surface area contributed by atoms with Crippen molar-refractivity contribution in [2.75, 3.05) is 6.54 Å². The molecule has 4 nitrogen and oxygen atoms in total. The molecule has 0 atom stereocenters. The van der Waals surface area contributed by atoms with E-state index in [9.17, 15) is 8.42 Å². The van der Waals surface area contributed by atoms with Crippen molar-refractivity contribution < 1.29 is 8.42 Å². The Balaban J connectivity index is 1.77. The van der Waals surface area contributed by atoms with Crippen LogP contribution in [0.15, 0.2) is 29.2 Å². The Morgan fingerprint density at radius 3 is 2.26 bits per heavy atom. The Hall–Kier alpha value is -1.38. The third-order valence-corrected chi connectivity index (χ3v) is 6.93. The van der Waals surface area contributed by atoms with E-state index in [1.54, 1.807) is 12.1 Å². The monoisotopic (exact) mass is 332 g/mol. The standard InChI is InChI=1S/C18H24N2O2S/c19-13-4-14-20(17-9-10-17)23(21,22)18-11-7-16(8-12-18)15-5-2-1-3-6-15/h7-8,11-12,15,17H,1-6,9-10,14H2. The zero-order chi connectivity index (χ0) is 16.3. The first kappa shape index (κ1) is 16.5. The molecular formula is C18H24N2O2S. The van der Waals surface area contributed by atoms with Gasteiger partial charge in [-0.15, -0.1) is 0 Å². The second-order valence-electron chi connectivity index (χ2n) is 6.66. The minimum absolute atomic E-state index is 0.0892. The van der Waals surface area contributed by atoms with E-state index in [1.165, 1.54) is 42.0 Å². The first-order valence-electron chi connectivity index (χ1n) is 8.61. The van der Waals surface area contributed by atoms with Crippen molar-refractivity contribution in [3.05, 3.63) is 29.8 Å². The lowest BCUT2D eigenvalue weighted by atomic mass is 9.84. The van der Waals surface area contributed by atoms with E-state index in [4.69, 9.17) is 5.26 Å². The van der Waals surface area contributed by atoms with Gasteiger partial charge in [-0.05, 0) is 49.3 Å². The van der Waals surface area contributed by atoms with E-state index in [0.717, 1.165) is 12.8 Å². The summed E-state index contributed by atoms with van der Waals surface area (Å²) in [5.41, 5.74) is 1.26. The van der Waals surface area contributed by atoms with Crippen LogP contribution in [0.2, 0.25) is 0 Å². The predicted octanol–water partition coefficient (Wildman–Crippen LogP) is 3.80. The van der Waals surface area contributed by atoms with Crippen LogP contribution in [-0.2, 0) is 10.0 Å². The molecule has 0 N–H and O–H groups in total. The average molecular weight is 332 g/mol. The second kappa shape index (κ2) is 7.02. The van der Waals surface area contributed by atoms with E-state index >= 15 is 0 Å². The molecule has 1 aromatic rings. The molecule has 0 saturated heterocycles. The summed E-state index contributed by atoms with van der Waals surface area (Å²) >= 11 is 0. The predicted molar refractivity (Wildman–Crippen MR) is 89.4 cm³/mol. The van der Waals surface area contributed by atoms with E-state index in [1.807, 2.05) is 12.1 Å². The molecule has 2 aliphatic carbocycles. The van der Waals surface area contributed by atoms with Crippen molar-refractivity contribution in [2.24, 2.45) is 0 Å². The van der Waals surface area contributed by atoms with Gasteiger partial charge in [0.1, 0.15) is 0 Å². The molecule has 0 aliphatic heterocycles. The quantitative estimate of drug-likeness (QED) is 0.796. The van der Waals surface area contributed by atoms with Gasteiger partial charge in [-0.2, -0.15) is 9.57 Å². The maximum Gasteiger partial charge on any atom is 0.243 e. The van der Waals surface area contributed by atoms with Crippen LogP contribution in [-0.4, -0.2) is 25.3 Å². The van der Waals surface area contributed by atoms with E-state index in [0.29, 0.717) is 17.4 Å². The van der Waals surface area contributed by atoms with Crippen molar-refractivity contribution in [1.29, 1.82) is 5.26 Å². The minimum atomic E-state index is -3.48. The second-order valence-corrected chi connectivity index (χ2v) is 8.55. The fraction of sp³-hybridized carbons (Fsp3) is 0.611. The summed E-state index contributed by atoms with van der Waals surface area (Å²) in [7, 11) is -3.48. The molecule has 23 heavy (non-hydrogen) atoms. The molecule has 5 heteroatoms. The molecule has 2 fully saturated rings. The first-order valence-corrected chi connectivity index (χ1v) is 10.1. The molecule has 0 radical (unpaired) electrons. The van der Waals surface area contributed by atoms with Gasteiger partial charge in [-0.25, -0.2) is 8.42 Å². The van der Waals surface area contributed by atoms with Gasteiger partial charge in [0, 0.05) is 19.0 Å². The highest BCUT2D eigenvalue weighted by atomic mass is 32.2. The van der Waals surface area contributed by atoms with Gasteiger partial charge in [0.2, 0.25) is 10.0 Å². The molecule has 3 rings (SSSR count). The number of nitrogens with zero attached hydrogens (tertiary/aromatic N) is 2. The SMILES string of the molecule is N#CCCN(C1CC1)S(=O)(=O)c1ccc(C2CCCCC2)cc1. The third kappa shape index (κ3) is 3.76. The van der Waals surface area contributed by atoms with Gasteiger partial charge in [-0.3, -0.25) is 0 Å². The lowest BCUT2D eigenvalue weighted by Gasteiger charge is -2.23. The van der Waals surface area contributed by atoms with Crippen LogP contribution >= 0.6 is 0 Å². The van der Waals surface area contributed by atoms with Gasteiger partial charge < -0.3 is 0 Å². The van der Waals surface area contributed by atoms with Crippen molar-refractivity contribution in [2.45, 2.75) is 68.2 Å². The number of rotatable bonds is 6. The molecule has 0 unspecified atom stereocenters. The van der Waals surface area contributed by atoms with Crippen LogP contribution in [0.4, 0.5) is 0 Å². The van der Waals surface area contributed by atoms with Gasteiger partial charge in [-0.1, -0.05) is 31.4 Å². The van der Waals surface area contributed by atoms with Gasteiger partial charge in [0.15, 0.2) is 0 Å². The molecular weight excluding hydrogens is 308 g/mol. The lowest BCUT2D eigenvalue weighted by Crippen LogP contribution is -2.34. The number of hydrogen-bond acceptors (Lipinski definition) is 3. The number of sulfonamides is 1. The molecule has 1 aromatic carbocycles. The summed E-state index contributed by atoms with van der Waals surface area (Å²) in [4.78, 5) is 0.363. The van der Waals surface area contributed by atoms with Crippen LogP contribution in [0.5, 0.6) is 0 Å². The van der Waals surface area contributed by atoms with Crippen molar-refractivity contribution in [1.82, 2.24) is 4.31 Å². The van der Waals surface area contributed by atoms with Crippen LogP contribution in [0.1, 0.15) is 62.8 Å². The fourth-order valence-corrected chi connectivity index (χ4v) is 5.19. The molecule has 0 heterocycles. The highest BCUT2D eigenvalue weighted by molar-refractivity contribution is 7.89. The van der Waals surface area contributed by atoms with E-state index in [-0.39, 0.29) is 12.5 Å². The Bertz CT molecular complexity index is 666. The first-order chi connectivity index (χ1) is 11.1. The summed E-state index contributed by atoms with van der Waals surface area (Å²) in [5.74, 6) is 0.582. The summed E-state index contributed by atoms with van der Waals surface area (Å²) in [6, 6.07) is 9.61. The smallest absolute Gasteiger partial charge is 0.207 e. The van der Waals surface area contributed by atoms with Crippen molar-refractivity contribution in [3.63, 3.8) is 0 Å². The summed E-state index contributed by atoms with van der Waals surface area (Å²) in [5, 5.41) is 8.76. The molecule has 0 amide bonds. The summed E-state index contributed by atoms with van der Waals surface area (Å²) in [6.07, 6.45) is 8.34. The Labute approximate surface area is 139 Å². The normalized spacial score (nSPS) is 19.7. The van der Waals surface area contributed by atoms with Crippen LogP contribution in [0.25, 0.3) is 0 Å². The molecule has 2 aliphatic rings. The number of hydrogen-bond donors (Lipinski definition) is 0. The number of benzene rings is 1. The molecule has 0 spiro atoms. The topological polar surface area (TPSA) is 61.2 Å². The highest BCUT2D eigenvalue weighted by Crippen LogP contribution is 2.35. The Morgan fingerprint density at radius 1 is 1.04 bits per heavy atom. The van der Waals surface area contributed by atoms with Gasteiger partial charge >= 0.3 is 0 Å². The fourth-order valence-electron chi connectivity index (χ4n) is 3.50. The molecule has 2 saturated carbocycles. The van der Waals surface area contributed by atoms with Crippen molar-refractivity contribution in [3.8, 4) is 6.07 Å². The third-order valence-electron chi connectivity index (χ3n) is 4.96. The van der Waals surface area contributed by atoms with Crippen molar-refractivity contribution >= 4 is 10.0 Å². The Morgan fingerprint density at radius 2 is 1.70 bits per heavy atom. The van der Waals surface area contributed by atoms with Crippen LogP contribution in [0, 0.1) is 11.3 Å². The zero-order valence-electron chi connectivity index (χ0n) is 13.4.